The van der Waals surface area contributed by atoms with Gasteiger partial charge in [-0.25, -0.2) is 0 Å². The van der Waals surface area contributed by atoms with Crippen LogP contribution >= 0.6 is 45.6 Å². The van der Waals surface area contributed by atoms with Crippen LogP contribution in [-0.4, -0.2) is 92.8 Å². The zero-order valence-electron chi connectivity index (χ0n) is 15.5. The highest BCUT2D eigenvalue weighted by Gasteiger charge is 2.58. The van der Waals surface area contributed by atoms with Crippen molar-refractivity contribution in [1.82, 2.24) is 10.2 Å². The van der Waals surface area contributed by atoms with Crippen molar-refractivity contribution in [2.24, 2.45) is 0 Å². The van der Waals surface area contributed by atoms with E-state index >= 15 is 0 Å². The number of nitrogens with zero attached hydrogens (tertiary/aromatic N) is 1. The van der Waals surface area contributed by atoms with Gasteiger partial charge in [0.25, 0.3) is 0 Å². The van der Waals surface area contributed by atoms with Crippen LogP contribution in [0.1, 0.15) is 6.92 Å². The third-order valence-corrected chi connectivity index (χ3v) is 13.9. The second-order valence-electron chi connectivity index (χ2n) is 6.37. The molecule has 0 bridgehead atoms. The molecule has 0 aliphatic carbocycles. The zero-order valence-corrected chi connectivity index (χ0v) is 20.8. The molecule has 1 atom stereocenters. The molecule has 13 N–H and O–H groups in total. The third-order valence-electron chi connectivity index (χ3n) is 3.35. The highest BCUT2D eigenvalue weighted by molar-refractivity contribution is 7.72. The van der Waals surface area contributed by atoms with Gasteiger partial charge in [-0.15, -0.1) is 0 Å². The van der Waals surface area contributed by atoms with E-state index in [1.165, 1.54) is 0 Å². The first-order chi connectivity index (χ1) is 13.6. The van der Waals surface area contributed by atoms with Crippen molar-refractivity contribution in [3.05, 3.63) is 0 Å². The molecule has 194 valence electrons. The number of nitrogens with one attached hydrogen (secondary N) is 1. The van der Waals surface area contributed by atoms with Crippen molar-refractivity contribution in [3.8, 4) is 0 Å². The monoisotopic (exact) mass is 596 g/mol. The molecule has 0 rings (SSSR count). The van der Waals surface area contributed by atoms with Gasteiger partial charge in [-0.1, -0.05) is 0 Å². The Hall–Kier alpha value is 0.820. The first-order valence-electron chi connectivity index (χ1n) is 7.44. The minimum atomic E-state index is -6.16. The molecule has 0 amide bonds. The number of hydrogen-bond acceptors (Lipinski definition) is 8. The lowest BCUT2D eigenvalue weighted by Crippen LogP contribution is -2.50. The van der Waals surface area contributed by atoms with Crippen LogP contribution in [0.2, 0.25) is 0 Å². The van der Waals surface area contributed by atoms with Gasteiger partial charge in [0, 0.05) is 12.6 Å². The molecular formula is C6H22N2O18P6. The molecule has 0 aliphatic rings. The van der Waals surface area contributed by atoms with Gasteiger partial charge in [0.15, 0.2) is 0 Å². The largest absolute Gasteiger partial charge is 0.355 e. The van der Waals surface area contributed by atoms with E-state index in [1.807, 2.05) is 0 Å². The lowest BCUT2D eigenvalue weighted by atomic mass is 10.3. The summed E-state index contributed by atoms with van der Waals surface area (Å²) in [5, 5.41) is 1.56. The standard InChI is InChI=1S/C6H22N2O18P6/c1-3(7-4(27(9,10)11)28(12,13)14)2-8(5(29(15,16)17)30(18,19)20)6(31(21,22)23)32(24,25)26/h3-7H,2H2,1H3,(H2,9,10,11)(H2,12,13,14)(H2,15,16,17)(H2,18,19,20)(H2,21,22,23)(H2,24,25,26). The van der Waals surface area contributed by atoms with Crippen LogP contribution in [0.5, 0.6) is 0 Å². The van der Waals surface area contributed by atoms with E-state index in [0.717, 1.165) is 0 Å². The van der Waals surface area contributed by atoms with E-state index in [2.05, 4.69) is 0 Å². The highest BCUT2D eigenvalue weighted by Crippen LogP contribution is 2.68. The average molecular weight is 596 g/mol. The van der Waals surface area contributed by atoms with Gasteiger partial charge in [0.2, 0.25) is 16.6 Å². The molecule has 0 saturated heterocycles. The van der Waals surface area contributed by atoms with Gasteiger partial charge in [0.1, 0.15) is 0 Å². The summed E-state index contributed by atoms with van der Waals surface area (Å²) in [6, 6.07) is -1.96. The molecule has 0 radical (unpaired) electrons. The number of hydrogen-bond donors (Lipinski definition) is 13. The Kier molecular flexibility index (Phi) is 10.7. The third kappa shape index (κ3) is 9.82. The summed E-state index contributed by atoms with van der Waals surface area (Å²) in [7, 11) is -36.0. The second-order valence-corrected chi connectivity index (χ2v) is 17.6. The maximum atomic E-state index is 11.7. The van der Waals surface area contributed by atoms with E-state index in [1.54, 1.807) is 5.32 Å². The minimum Gasteiger partial charge on any atom is -0.323 e. The quantitative estimate of drug-likeness (QED) is 0.101. The fraction of sp³-hybridized carbons (Fsp3) is 1.00. The average Bonchev–Trinajstić information content (AvgIpc) is 2.35. The molecule has 0 aromatic carbocycles. The van der Waals surface area contributed by atoms with E-state index in [4.69, 9.17) is 19.6 Å². The van der Waals surface area contributed by atoms with Crippen LogP contribution in [0.15, 0.2) is 0 Å². The zero-order chi connectivity index (χ0) is 26.3. The molecule has 1 unspecified atom stereocenters. The molecular weight excluding hydrogens is 574 g/mol. The van der Waals surface area contributed by atoms with E-state index in [0.29, 0.717) is 6.92 Å². The summed E-state index contributed by atoms with van der Waals surface area (Å²) >= 11 is 0. The molecule has 0 spiro atoms. The highest BCUT2D eigenvalue weighted by atomic mass is 31.2. The maximum absolute atomic E-state index is 11.7. The van der Waals surface area contributed by atoms with Crippen molar-refractivity contribution in [1.29, 1.82) is 0 Å². The predicted octanol–water partition coefficient (Wildman–Crippen LogP) is -2.82. The van der Waals surface area contributed by atoms with E-state index in [9.17, 15) is 66.5 Å². The Morgan fingerprint density at radius 2 is 0.812 bits per heavy atom. The Balaban J connectivity index is 6.74. The van der Waals surface area contributed by atoms with Crippen molar-refractivity contribution in [2.45, 2.75) is 29.5 Å². The SMILES string of the molecule is CC(CN(C(P(=O)(O)O)P(=O)(O)O)C(P(=O)(O)O)P(=O)(O)O)NC(P(=O)(O)O)P(=O)(O)O. The summed E-state index contributed by atoms with van der Waals surface area (Å²) in [4.78, 5) is 110. The van der Waals surface area contributed by atoms with Crippen LogP contribution < -0.4 is 5.32 Å². The lowest BCUT2D eigenvalue weighted by Gasteiger charge is -2.39. The predicted molar refractivity (Wildman–Crippen MR) is 103 cm³/mol. The Bertz CT molecular complexity index is 831. The summed E-state index contributed by atoms with van der Waals surface area (Å²) < 4.78 is 69.4. The van der Waals surface area contributed by atoms with Crippen LogP contribution in [0.4, 0.5) is 0 Å². The maximum Gasteiger partial charge on any atom is 0.355 e. The fourth-order valence-electron chi connectivity index (χ4n) is 2.49. The van der Waals surface area contributed by atoms with Crippen LogP contribution in [0.3, 0.4) is 0 Å². The summed E-state index contributed by atoms with van der Waals surface area (Å²) in [6.45, 7) is -0.892. The molecule has 0 fully saturated rings. The molecule has 0 aromatic rings. The Morgan fingerprint density at radius 3 is 1.00 bits per heavy atom. The van der Waals surface area contributed by atoms with Crippen LogP contribution in [0.25, 0.3) is 0 Å². The summed E-state index contributed by atoms with van der Waals surface area (Å²) in [5.74, 6) is 0. The van der Waals surface area contributed by atoms with Gasteiger partial charge in [-0.05, 0) is 6.92 Å². The van der Waals surface area contributed by atoms with Crippen molar-refractivity contribution in [2.75, 3.05) is 6.54 Å². The number of rotatable bonds is 12. The van der Waals surface area contributed by atoms with Crippen LogP contribution in [-0.2, 0) is 27.4 Å². The fourth-order valence-corrected chi connectivity index (χ4v) is 11.0. The molecule has 0 heterocycles. The van der Waals surface area contributed by atoms with Gasteiger partial charge < -0.3 is 58.7 Å². The second kappa shape index (κ2) is 10.4. The van der Waals surface area contributed by atoms with E-state index < -0.39 is 79.6 Å². The molecule has 0 saturated carbocycles. The smallest absolute Gasteiger partial charge is 0.323 e. The summed E-state index contributed by atoms with van der Waals surface area (Å²) in [6.07, 6.45) is 0. The van der Waals surface area contributed by atoms with Crippen molar-refractivity contribution in [3.63, 3.8) is 0 Å². The topological polar surface area (TPSA) is 360 Å². The van der Waals surface area contributed by atoms with Crippen LogP contribution in [0, 0.1) is 0 Å². The van der Waals surface area contributed by atoms with Gasteiger partial charge in [-0.3, -0.25) is 37.6 Å². The Labute approximate surface area is 178 Å². The molecule has 26 heteroatoms. The minimum absolute atomic E-state index is 0.656. The van der Waals surface area contributed by atoms with Crippen molar-refractivity contribution >= 4 is 45.6 Å². The van der Waals surface area contributed by atoms with Gasteiger partial charge in [0.05, 0.1) is 0 Å². The summed E-state index contributed by atoms with van der Waals surface area (Å²) in [5.41, 5.74) is -10.2. The Morgan fingerprint density at radius 1 is 0.562 bits per heavy atom. The first kappa shape index (κ1) is 32.8. The van der Waals surface area contributed by atoms with E-state index in [-0.39, 0.29) is 0 Å². The lowest BCUT2D eigenvalue weighted by molar-refractivity contribution is 0.186. The molecule has 32 heavy (non-hydrogen) atoms. The van der Waals surface area contributed by atoms with Gasteiger partial charge >= 0.3 is 45.6 Å². The normalized spacial score (nSPS) is 16.4. The molecule has 0 aliphatic heterocycles. The molecule has 0 aromatic heterocycles. The molecule has 20 nitrogen and oxygen atoms in total. The van der Waals surface area contributed by atoms with Gasteiger partial charge in [-0.2, -0.15) is 0 Å². The van der Waals surface area contributed by atoms with Crippen molar-refractivity contribution < 1.29 is 86.1 Å². The first-order valence-corrected chi connectivity index (χ1v) is 17.5.